The summed E-state index contributed by atoms with van der Waals surface area (Å²) in [6.07, 6.45) is 1.86. The highest BCUT2D eigenvalue weighted by atomic mass is 35.5. The van der Waals surface area contributed by atoms with Crippen molar-refractivity contribution in [3.63, 3.8) is 0 Å². The first-order valence-electron chi connectivity index (χ1n) is 6.69. The molecule has 3 nitrogen and oxygen atoms in total. The van der Waals surface area contributed by atoms with Gasteiger partial charge in [0, 0.05) is 5.56 Å². The first-order chi connectivity index (χ1) is 9.93. The summed E-state index contributed by atoms with van der Waals surface area (Å²) < 4.78 is 20.1. The summed E-state index contributed by atoms with van der Waals surface area (Å²) in [5.74, 6) is 0.116. The molecule has 0 amide bonds. The first kappa shape index (κ1) is 16.1. The van der Waals surface area contributed by atoms with Crippen LogP contribution in [0.4, 0.5) is 4.39 Å². The Morgan fingerprint density at radius 1 is 1.33 bits per heavy atom. The summed E-state index contributed by atoms with van der Waals surface area (Å²) in [4.78, 5) is 8.02. The second kappa shape index (κ2) is 6.67. The molecule has 1 heterocycles. The maximum atomic E-state index is 14.4. The van der Waals surface area contributed by atoms with Gasteiger partial charge in [-0.25, -0.2) is 14.4 Å². The summed E-state index contributed by atoms with van der Waals surface area (Å²) in [5, 5.41) is 1.25. The molecule has 0 aliphatic carbocycles. The smallest absolute Gasteiger partial charge is 0.170 e. The third kappa shape index (κ3) is 3.50. The van der Waals surface area contributed by atoms with Crippen LogP contribution in [0.5, 0.6) is 5.75 Å². The largest absolute Gasteiger partial charge is 0.489 e. The van der Waals surface area contributed by atoms with Crippen molar-refractivity contribution in [3.05, 3.63) is 35.0 Å². The topological polar surface area (TPSA) is 35.0 Å². The van der Waals surface area contributed by atoms with Crippen LogP contribution in [0.25, 0.3) is 11.3 Å². The maximum Gasteiger partial charge on any atom is 0.170 e. The molecule has 0 bridgehead atoms. The van der Waals surface area contributed by atoms with Gasteiger partial charge in [-0.05, 0) is 37.7 Å². The second-order valence-corrected chi connectivity index (χ2v) is 5.90. The molecule has 0 saturated carbocycles. The van der Waals surface area contributed by atoms with Crippen LogP contribution in [0.3, 0.4) is 0 Å². The number of ether oxygens (including phenoxy) is 1. The predicted octanol–water partition coefficient (Wildman–Crippen LogP) is 3.79. The Kier molecular flexibility index (Phi) is 5.13. The molecular formula is C15H17ClFN2OP. The molecule has 0 aliphatic rings. The Labute approximate surface area is 131 Å². The first-order valence-corrected chi connectivity index (χ1v) is 7.65. The average molecular weight is 327 g/mol. The van der Waals surface area contributed by atoms with E-state index >= 15 is 0 Å². The van der Waals surface area contributed by atoms with Crippen LogP contribution in [-0.2, 0) is 6.42 Å². The number of aryl methyl sites for hydroxylation is 1. The monoisotopic (exact) mass is 326 g/mol. The molecule has 0 N–H and O–H groups in total. The molecule has 6 heteroatoms. The number of benzene rings is 1. The van der Waals surface area contributed by atoms with Crippen LogP contribution >= 0.6 is 20.8 Å². The highest BCUT2D eigenvalue weighted by Gasteiger charge is 2.17. The van der Waals surface area contributed by atoms with Gasteiger partial charge in [0.1, 0.15) is 17.8 Å². The fourth-order valence-electron chi connectivity index (χ4n) is 1.96. The third-order valence-electron chi connectivity index (χ3n) is 2.92. The molecule has 0 aliphatic heterocycles. The van der Waals surface area contributed by atoms with Gasteiger partial charge < -0.3 is 4.74 Å². The number of hydrogen-bond donors (Lipinski definition) is 0. The lowest BCUT2D eigenvalue weighted by molar-refractivity contribution is 0.242. The zero-order chi connectivity index (χ0) is 15.6. The molecule has 2 aromatic rings. The van der Waals surface area contributed by atoms with Crippen LogP contribution in [0.2, 0.25) is 5.02 Å². The van der Waals surface area contributed by atoms with E-state index in [2.05, 4.69) is 19.2 Å². The summed E-state index contributed by atoms with van der Waals surface area (Å²) in [5.41, 5.74) is 1.29. The molecule has 112 valence electrons. The summed E-state index contributed by atoms with van der Waals surface area (Å²) in [6.45, 7) is 5.67. The summed E-state index contributed by atoms with van der Waals surface area (Å²) >= 11 is 6.17. The number of halogens is 2. The molecule has 0 fully saturated rings. The third-order valence-corrected chi connectivity index (χ3v) is 3.69. The van der Waals surface area contributed by atoms with Crippen molar-refractivity contribution in [2.24, 2.45) is 0 Å². The van der Waals surface area contributed by atoms with Gasteiger partial charge in [0.05, 0.1) is 16.8 Å². The van der Waals surface area contributed by atoms with E-state index in [0.29, 0.717) is 28.5 Å². The molecular weight excluding hydrogens is 310 g/mol. The van der Waals surface area contributed by atoms with Gasteiger partial charge in [0.25, 0.3) is 0 Å². The van der Waals surface area contributed by atoms with E-state index in [1.807, 2.05) is 20.8 Å². The van der Waals surface area contributed by atoms with Gasteiger partial charge in [-0.2, -0.15) is 0 Å². The number of hydrogen-bond acceptors (Lipinski definition) is 3. The fraction of sp³-hybridized carbons (Fsp3) is 0.333. The maximum absolute atomic E-state index is 14.4. The van der Waals surface area contributed by atoms with Gasteiger partial charge in [0.2, 0.25) is 0 Å². The number of aromatic nitrogens is 2. The molecule has 0 radical (unpaired) electrons. The SMILES string of the molecule is CCc1ncnc(-c2cc(OC(C)C)c(Cl)cc2P)c1F. The van der Waals surface area contributed by atoms with Gasteiger partial charge in [-0.15, -0.1) is 9.24 Å². The van der Waals surface area contributed by atoms with E-state index in [4.69, 9.17) is 16.3 Å². The van der Waals surface area contributed by atoms with Crippen molar-refractivity contribution >= 4 is 26.1 Å². The lowest BCUT2D eigenvalue weighted by Crippen LogP contribution is -2.09. The summed E-state index contributed by atoms with van der Waals surface area (Å²) in [7, 11) is 2.55. The number of rotatable bonds is 4. The van der Waals surface area contributed by atoms with Crippen molar-refractivity contribution in [1.29, 1.82) is 0 Å². The van der Waals surface area contributed by atoms with Gasteiger partial charge in [0.15, 0.2) is 5.82 Å². The average Bonchev–Trinajstić information content (AvgIpc) is 2.42. The zero-order valence-corrected chi connectivity index (χ0v) is 14.1. The molecule has 0 saturated heterocycles. The molecule has 1 aromatic carbocycles. The Hall–Kier alpha value is -1.25. The molecule has 1 aromatic heterocycles. The van der Waals surface area contributed by atoms with Gasteiger partial charge >= 0.3 is 0 Å². The summed E-state index contributed by atoms with van der Waals surface area (Å²) in [6, 6.07) is 3.45. The minimum atomic E-state index is -0.401. The minimum absolute atomic E-state index is 0.0211. The molecule has 1 unspecified atom stereocenters. The van der Waals surface area contributed by atoms with Crippen LogP contribution in [0, 0.1) is 5.82 Å². The van der Waals surface area contributed by atoms with E-state index < -0.39 is 5.82 Å². The Morgan fingerprint density at radius 2 is 2.05 bits per heavy atom. The highest BCUT2D eigenvalue weighted by Crippen LogP contribution is 2.31. The normalized spacial score (nSPS) is 11.0. The van der Waals surface area contributed by atoms with Crippen molar-refractivity contribution in [3.8, 4) is 17.0 Å². The number of nitrogens with zero attached hydrogens (tertiary/aromatic N) is 2. The van der Waals surface area contributed by atoms with Crippen LogP contribution < -0.4 is 10.0 Å². The van der Waals surface area contributed by atoms with Crippen molar-refractivity contribution < 1.29 is 9.13 Å². The highest BCUT2D eigenvalue weighted by molar-refractivity contribution is 7.28. The van der Waals surface area contributed by atoms with E-state index in [-0.39, 0.29) is 11.8 Å². The standard InChI is InChI=1S/C15H17ClFN2OP/c1-4-11-14(17)15(19-7-18-11)9-5-12(20-8(2)3)10(16)6-13(9)21/h5-8H,4,21H2,1-3H3. The minimum Gasteiger partial charge on any atom is -0.489 e. The fourth-order valence-corrected chi connectivity index (χ4v) is 2.67. The van der Waals surface area contributed by atoms with Crippen LogP contribution in [0.1, 0.15) is 26.5 Å². The Bertz CT molecular complexity index is 664. The van der Waals surface area contributed by atoms with E-state index in [0.717, 1.165) is 5.30 Å². The van der Waals surface area contributed by atoms with E-state index in [1.54, 1.807) is 12.1 Å². The predicted molar refractivity (Wildman–Crippen MR) is 86.9 cm³/mol. The van der Waals surface area contributed by atoms with Gasteiger partial charge in [-0.3, -0.25) is 0 Å². The zero-order valence-electron chi connectivity index (χ0n) is 12.2. The van der Waals surface area contributed by atoms with E-state index in [9.17, 15) is 4.39 Å². The lowest BCUT2D eigenvalue weighted by Gasteiger charge is -2.15. The lowest BCUT2D eigenvalue weighted by atomic mass is 10.1. The Balaban J connectivity index is 2.58. The Morgan fingerprint density at radius 3 is 2.67 bits per heavy atom. The van der Waals surface area contributed by atoms with Crippen LogP contribution in [-0.4, -0.2) is 16.1 Å². The molecule has 0 spiro atoms. The van der Waals surface area contributed by atoms with Crippen molar-refractivity contribution in [2.75, 3.05) is 0 Å². The van der Waals surface area contributed by atoms with Crippen molar-refractivity contribution in [2.45, 2.75) is 33.3 Å². The van der Waals surface area contributed by atoms with E-state index in [1.165, 1.54) is 6.33 Å². The molecule has 2 rings (SSSR count). The van der Waals surface area contributed by atoms with Gasteiger partial charge in [-0.1, -0.05) is 18.5 Å². The van der Waals surface area contributed by atoms with Crippen LogP contribution in [0.15, 0.2) is 18.5 Å². The quantitative estimate of drug-likeness (QED) is 0.802. The second-order valence-electron chi connectivity index (χ2n) is 4.87. The molecule has 1 atom stereocenters. The van der Waals surface area contributed by atoms with Crippen molar-refractivity contribution in [1.82, 2.24) is 9.97 Å². The molecule has 21 heavy (non-hydrogen) atoms.